The van der Waals surface area contributed by atoms with Gasteiger partial charge >= 0.3 is 11.9 Å². The van der Waals surface area contributed by atoms with Crippen molar-refractivity contribution in [1.82, 2.24) is 0 Å². The zero-order valence-corrected chi connectivity index (χ0v) is 20.5. The van der Waals surface area contributed by atoms with Gasteiger partial charge in [0.25, 0.3) is 0 Å². The van der Waals surface area contributed by atoms with Crippen LogP contribution in [0.4, 0.5) is 0 Å². The van der Waals surface area contributed by atoms with E-state index in [1.165, 1.54) is 77.0 Å². The minimum atomic E-state index is -0.839. The molecule has 4 heteroatoms. The van der Waals surface area contributed by atoms with E-state index in [0.29, 0.717) is 13.2 Å². The van der Waals surface area contributed by atoms with Crippen molar-refractivity contribution in [1.29, 1.82) is 0 Å². The average Bonchev–Trinajstić information content (AvgIpc) is 2.69. The maximum absolute atomic E-state index is 11.6. The Hall–Kier alpha value is -1.06. The van der Waals surface area contributed by atoms with Gasteiger partial charge in [-0.05, 0) is 24.7 Å². The van der Waals surface area contributed by atoms with Crippen LogP contribution in [-0.4, -0.2) is 25.2 Å². The summed E-state index contributed by atoms with van der Waals surface area (Å²) in [5.41, 5.74) is 0. The van der Waals surface area contributed by atoms with Gasteiger partial charge in [0.2, 0.25) is 0 Å². The normalized spacial score (nSPS) is 11.3. The topological polar surface area (TPSA) is 52.6 Å². The molecule has 0 N–H and O–H groups in total. The van der Waals surface area contributed by atoms with Crippen molar-refractivity contribution in [2.75, 3.05) is 13.2 Å². The van der Waals surface area contributed by atoms with Crippen LogP contribution in [0.2, 0.25) is 0 Å². The predicted octanol–water partition coefficient (Wildman–Crippen LogP) is 7.63. The third kappa shape index (κ3) is 21.6. The monoisotopic (exact) mass is 426 g/mol. The van der Waals surface area contributed by atoms with E-state index in [2.05, 4.69) is 27.7 Å². The molecule has 0 aliphatic carbocycles. The molecule has 0 unspecified atom stereocenters. The number of rotatable bonds is 20. The lowest BCUT2D eigenvalue weighted by Crippen LogP contribution is -2.21. The summed E-state index contributed by atoms with van der Waals surface area (Å²) in [6.45, 7) is 9.72. The number of esters is 2. The third-order valence-corrected chi connectivity index (χ3v) is 5.48. The molecule has 0 saturated carbocycles. The maximum atomic E-state index is 11.6. The molecule has 30 heavy (non-hydrogen) atoms. The average molecular weight is 427 g/mol. The van der Waals surface area contributed by atoms with Crippen molar-refractivity contribution in [3.63, 3.8) is 0 Å². The minimum absolute atomic E-state index is 0.318. The lowest BCUT2D eigenvalue weighted by Gasteiger charge is -2.07. The number of unbranched alkanes of at least 4 members (excludes halogenated alkanes) is 12. The number of hydrogen-bond acceptors (Lipinski definition) is 4. The highest BCUT2D eigenvalue weighted by atomic mass is 16.6. The number of carbonyl (C=O) groups excluding carboxylic acids is 2. The maximum Gasteiger partial charge on any atom is 0.417 e. The lowest BCUT2D eigenvalue weighted by atomic mass is 10.0. The minimum Gasteiger partial charge on any atom is -0.457 e. The Balaban J connectivity index is 3.35. The van der Waals surface area contributed by atoms with Gasteiger partial charge in [0.15, 0.2) is 0 Å². The van der Waals surface area contributed by atoms with E-state index >= 15 is 0 Å². The molecule has 0 radical (unpaired) electrons. The SMILES string of the molecule is CC(C)CCCCCCCCCOC(=O)C(=O)OCCCCCCCCCC(C)C. The van der Waals surface area contributed by atoms with E-state index in [-0.39, 0.29) is 0 Å². The Kier molecular flexibility index (Phi) is 20.4. The summed E-state index contributed by atoms with van der Waals surface area (Å²) in [4.78, 5) is 23.2. The standard InChI is InChI=1S/C26H50O4/c1-23(2)19-15-11-7-5-9-13-17-21-29-25(27)26(28)30-22-18-14-10-6-8-12-16-20-24(3)4/h23-24H,5-22H2,1-4H3. The summed E-state index contributed by atoms with van der Waals surface area (Å²) in [7, 11) is 0. The first-order valence-corrected chi connectivity index (χ1v) is 12.8. The van der Waals surface area contributed by atoms with Crippen LogP contribution in [0.25, 0.3) is 0 Å². The fourth-order valence-electron chi connectivity index (χ4n) is 3.52. The van der Waals surface area contributed by atoms with Crippen molar-refractivity contribution in [3.05, 3.63) is 0 Å². The Bertz CT molecular complexity index is 366. The number of ether oxygens (including phenoxy) is 2. The summed E-state index contributed by atoms with van der Waals surface area (Å²) in [5.74, 6) is -0.0658. The third-order valence-electron chi connectivity index (χ3n) is 5.48. The molecule has 0 spiro atoms. The second kappa shape index (κ2) is 21.2. The second-order valence-corrected chi connectivity index (χ2v) is 9.59. The van der Waals surface area contributed by atoms with E-state index in [9.17, 15) is 9.59 Å². The molecule has 0 amide bonds. The fraction of sp³-hybridized carbons (Fsp3) is 0.923. The van der Waals surface area contributed by atoms with Crippen LogP contribution < -0.4 is 0 Å². The largest absolute Gasteiger partial charge is 0.457 e. The van der Waals surface area contributed by atoms with Crippen LogP contribution in [0.3, 0.4) is 0 Å². The molecule has 0 rings (SSSR count). The van der Waals surface area contributed by atoms with E-state index < -0.39 is 11.9 Å². The molecule has 0 aliphatic heterocycles. The summed E-state index contributed by atoms with van der Waals surface area (Å²) in [6, 6.07) is 0. The van der Waals surface area contributed by atoms with Crippen LogP contribution in [0.15, 0.2) is 0 Å². The van der Waals surface area contributed by atoms with Crippen LogP contribution in [0, 0.1) is 11.8 Å². The molecule has 0 aliphatic rings. The van der Waals surface area contributed by atoms with Crippen molar-refractivity contribution in [2.24, 2.45) is 11.8 Å². The lowest BCUT2D eigenvalue weighted by molar-refractivity contribution is -0.167. The van der Waals surface area contributed by atoms with Crippen molar-refractivity contribution >= 4 is 11.9 Å². The van der Waals surface area contributed by atoms with E-state index in [0.717, 1.165) is 37.5 Å². The number of hydrogen-bond donors (Lipinski definition) is 0. The van der Waals surface area contributed by atoms with E-state index in [1.807, 2.05) is 0 Å². The molecular weight excluding hydrogens is 376 g/mol. The van der Waals surface area contributed by atoms with Gasteiger partial charge in [0.05, 0.1) is 13.2 Å². The summed E-state index contributed by atoms with van der Waals surface area (Å²) >= 11 is 0. The fourth-order valence-corrected chi connectivity index (χ4v) is 3.52. The molecule has 0 aromatic heterocycles. The van der Waals surface area contributed by atoms with Gasteiger partial charge in [-0.15, -0.1) is 0 Å². The van der Waals surface area contributed by atoms with Gasteiger partial charge < -0.3 is 9.47 Å². The Morgan fingerprint density at radius 2 is 0.733 bits per heavy atom. The van der Waals surface area contributed by atoms with Crippen molar-refractivity contribution in [3.8, 4) is 0 Å². The second-order valence-electron chi connectivity index (χ2n) is 9.59. The zero-order chi connectivity index (χ0) is 22.5. The van der Waals surface area contributed by atoms with Gasteiger partial charge in [-0.2, -0.15) is 0 Å². The van der Waals surface area contributed by atoms with Gasteiger partial charge in [0.1, 0.15) is 0 Å². The molecule has 0 bridgehead atoms. The predicted molar refractivity (Wildman–Crippen MR) is 125 cm³/mol. The van der Waals surface area contributed by atoms with Crippen molar-refractivity contribution in [2.45, 2.75) is 130 Å². The van der Waals surface area contributed by atoms with Crippen LogP contribution >= 0.6 is 0 Å². The highest BCUT2D eigenvalue weighted by Gasteiger charge is 2.16. The Labute approximate surface area is 186 Å². The first-order chi connectivity index (χ1) is 14.4. The zero-order valence-electron chi connectivity index (χ0n) is 20.5. The van der Waals surface area contributed by atoms with Gasteiger partial charge in [-0.3, -0.25) is 0 Å². The molecule has 0 saturated heterocycles. The molecule has 4 nitrogen and oxygen atoms in total. The van der Waals surface area contributed by atoms with Crippen molar-refractivity contribution < 1.29 is 19.1 Å². The smallest absolute Gasteiger partial charge is 0.417 e. The molecule has 0 aromatic rings. The number of carbonyl (C=O) groups is 2. The van der Waals surface area contributed by atoms with Crippen LogP contribution in [0.5, 0.6) is 0 Å². The van der Waals surface area contributed by atoms with Crippen LogP contribution in [0.1, 0.15) is 130 Å². The molecule has 0 atom stereocenters. The highest BCUT2D eigenvalue weighted by molar-refractivity contribution is 6.29. The quantitative estimate of drug-likeness (QED) is 0.114. The Morgan fingerprint density at radius 3 is 1.03 bits per heavy atom. The van der Waals surface area contributed by atoms with Gasteiger partial charge in [0, 0.05) is 0 Å². The molecule has 0 aromatic carbocycles. The van der Waals surface area contributed by atoms with E-state index in [1.54, 1.807) is 0 Å². The molecule has 0 heterocycles. The highest BCUT2D eigenvalue weighted by Crippen LogP contribution is 2.13. The summed E-state index contributed by atoms with van der Waals surface area (Å²) in [5, 5.41) is 0. The summed E-state index contributed by atoms with van der Waals surface area (Å²) < 4.78 is 10.0. The Morgan fingerprint density at radius 1 is 0.467 bits per heavy atom. The first kappa shape index (κ1) is 28.9. The molecule has 178 valence electrons. The summed E-state index contributed by atoms with van der Waals surface area (Å²) in [6.07, 6.45) is 19.1. The van der Waals surface area contributed by atoms with Gasteiger partial charge in [-0.25, -0.2) is 9.59 Å². The van der Waals surface area contributed by atoms with E-state index in [4.69, 9.17) is 9.47 Å². The molecular formula is C26H50O4. The first-order valence-electron chi connectivity index (χ1n) is 12.8. The van der Waals surface area contributed by atoms with Gasteiger partial charge in [-0.1, -0.05) is 118 Å². The molecule has 0 fully saturated rings. The van der Waals surface area contributed by atoms with Crippen LogP contribution in [-0.2, 0) is 19.1 Å².